The van der Waals surface area contributed by atoms with E-state index >= 15 is 0 Å². The maximum Gasteiger partial charge on any atom is 0.175 e. The van der Waals surface area contributed by atoms with E-state index in [4.69, 9.17) is 32.7 Å². The molecule has 4 nitrogen and oxygen atoms in total. The number of ether oxygens (including phenoxy) is 2. The average molecular weight is 476 g/mol. The number of hydrogen-bond acceptors (Lipinski definition) is 4. The molecule has 0 bridgehead atoms. The van der Waals surface area contributed by atoms with Crippen molar-refractivity contribution in [3.05, 3.63) is 56.0 Å². The van der Waals surface area contributed by atoms with Gasteiger partial charge in [-0.2, -0.15) is 0 Å². The Morgan fingerprint density at radius 2 is 1.81 bits per heavy atom. The maximum atomic E-state index is 6.24. The number of hydrogen-bond donors (Lipinski definition) is 1. The smallest absolute Gasteiger partial charge is 0.175 e. The summed E-state index contributed by atoms with van der Waals surface area (Å²) >= 11 is 16.1. The van der Waals surface area contributed by atoms with Gasteiger partial charge < -0.3 is 19.7 Å². The van der Waals surface area contributed by atoms with Gasteiger partial charge in [0.25, 0.3) is 0 Å². The Hall–Kier alpha value is -0.980. The minimum atomic E-state index is 0.262. The Balaban J connectivity index is 2.13. The molecule has 0 fully saturated rings. The number of likely N-dealkylation sites (N-methyl/N-ethyl adjacent to an activating group) is 1. The van der Waals surface area contributed by atoms with Gasteiger partial charge >= 0.3 is 0 Å². The van der Waals surface area contributed by atoms with Crippen molar-refractivity contribution in [2.75, 3.05) is 33.8 Å². The van der Waals surface area contributed by atoms with Crippen LogP contribution >= 0.6 is 39.1 Å². The topological polar surface area (TPSA) is 33.7 Å². The van der Waals surface area contributed by atoms with E-state index < -0.39 is 0 Å². The summed E-state index contributed by atoms with van der Waals surface area (Å²) in [6.45, 7) is 5.41. The van der Waals surface area contributed by atoms with Gasteiger partial charge in [-0.1, -0.05) is 29.3 Å². The second-order valence-electron chi connectivity index (χ2n) is 6.31. The first kappa shape index (κ1) is 22.3. The van der Waals surface area contributed by atoms with Gasteiger partial charge in [-0.05, 0) is 66.8 Å². The summed E-state index contributed by atoms with van der Waals surface area (Å²) in [6, 6.07) is 9.45. The van der Waals surface area contributed by atoms with Crippen molar-refractivity contribution in [2.24, 2.45) is 0 Å². The molecular weight excluding hydrogens is 451 g/mol. The van der Waals surface area contributed by atoms with Crippen molar-refractivity contribution >= 4 is 39.1 Å². The van der Waals surface area contributed by atoms with E-state index in [1.807, 2.05) is 25.1 Å². The summed E-state index contributed by atoms with van der Waals surface area (Å²) < 4.78 is 12.6. The lowest BCUT2D eigenvalue weighted by molar-refractivity contribution is 0.267. The monoisotopic (exact) mass is 474 g/mol. The second kappa shape index (κ2) is 11.1. The predicted molar refractivity (Wildman–Crippen MR) is 116 cm³/mol. The fourth-order valence-corrected chi connectivity index (χ4v) is 3.59. The van der Waals surface area contributed by atoms with Crippen molar-refractivity contribution < 1.29 is 9.47 Å². The lowest BCUT2D eigenvalue weighted by Gasteiger charge is -2.17. The highest BCUT2D eigenvalue weighted by molar-refractivity contribution is 9.10. The van der Waals surface area contributed by atoms with Crippen LogP contribution in [0.15, 0.2) is 34.8 Å². The van der Waals surface area contributed by atoms with E-state index in [2.05, 4.69) is 40.2 Å². The summed E-state index contributed by atoms with van der Waals surface area (Å²) in [5, 5.41) is 4.59. The highest BCUT2D eigenvalue weighted by atomic mass is 79.9. The average Bonchev–Trinajstić information content (AvgIpc) is 2.60. The Bertz CT molecular complexity index is 737. The van der Waals surface area contributed by atoms with Crippen molar-refractivity contribution in [1.82, 2.24) is 10.2 Å². The van der Waals surface area contributed by atoms with Crippen LogP contribution in [0.5, 0.6) is 11.5 Å². The van der Waals surface area contributed by atoms with Crippen molar-refractivity contribution in [3.8, 4) is 11.5 Å². The van der Waals surface area contributed by atoms with Gasteiger partial charge in [0.2, 0.25) is 0 Å². The number of nitrogens with zero attached hydrogens (tertiary/aromatic N) is 1. The molecule has 27 heavy (non-hydrogen) atoms. The van der Waals surface area contributed by atoms with E-state index in [1.165, 1.54) is 0 Å². The zero-order valence-electron chi connectivity index (χ0n) is 15.8. The first-order valence-electron chi connectivity index (χ1n) is 8.78. The molecule has 2 aromatic carbocycles. The quantitative estimate of drug-likeness (QED) is 0.467. The van der Waals surface area contributed by atoms with E-state index in [0.29, 0.717) is 28.2 Å². The summed E-state index contributed by atoms with van der Waals surface area (Å²) in [4.78, 5) is 2.14. The third kappa shape index (κ3) is 6.84. The van der Waals surface area contributed by atoms with Crippen LogP contribution in [0.25, 0.3) is 0 Å². The molecule has 0 spiro atoms. The molecule has 0 saturated heterocycles. The van der Waals surface area contributed by atoms with Crippen LogP contribution in [0, 0.1) is 0 Å². The van der Waals surface area contributed by atoms with Gasteiger partial charge in [0.1, 0.15) is 6.61 Å². The van der Waals surface area contributed by atoms with Crippen molar-refractivity contribution in [1.29, 1.82) is 0 Å². The molecule has 2 aromatic rings. The Labute approximate surface area is 179 Å². The molecular formula is C20H25BrCl2N2O2. The number of benzene rings is 2. The minimum absolute atomic E-state index is 0.262. The van der Waals surface area contributed by atoms with Gasteiger partial charge in [0.15, 0.2) is 11.5 Å². The molecule has 0 aliphatic heterocycles. The highest BCUT2D eigenvalue weighted by Gasteiger charge is 2.14. The normalized spacial score (nSPS) is 11.1. The van der Waals surface area contributed by atoms with Crippen LogP contribution in [-0.2, 0) is 13.2 Å². The molecule has 0 aromatic heterocycles. The lowest BCUT2D eigenvalue weighted by Crippen LogP contribution is -2.26. The first-order chi connectivity index (χ1) is 12.9. The molecule has 0 aliphatic carbocycles. The summed E-state index contributed by atoms with van der Waals surface area (Å²) in [6.07, 6.45) is 0. The molecule has 0 aliphatic rings. The molecule has 1 N–H and O–H groups in total. The molecule has 2 rings (SSSR count). The highest BCUT2D eigenvalue weighted by Crippen LogP contribution is 2.38. The molecule has 148 valence electrons. The van der Waals surface area contributed by atoms with Gasteiger partial charge in [-0.15, -0.1) is 0 Å². The molecule has 0 unspecified atom stereocenters. The van der Waals surface area contributed by atoms with Crippen LogP contribution in [0.2, 0.25) is 10.0 Å². The summed E-state index contributed by atoms with van der Waals surface area (Å²) in [7, 11) is 4.12. The zero-order valence-corrected chi connectivity index (χ0v) is 18.9. The number of rotatable bonds is 10. The Morgan fingerprint density at radius 1 is 1.11 bits per heavy atom. The van der Waals surface area contributed by atoms with Gasteiger partial charge in [0.05, 0.1) is 11.1 Å². The first-order valence-corrected chi connectivity index (χ1v) is 10.3. The van der Waals surface area contributed by atoms with Crippen LogP contribution < -0.4 is 14.8 Å². The molecule has 7 heteroatoms. The molecule has 0 heterocycles. The Kier molecular flexibility index (Phi) is 9.19. The van der Waals surface area contributed by atoms with Gasteiger partial charge in [-0.3, -0.25) is 0 Å². The van der Waals surface area contributed by atoms with E-state index in [1.54, 1.807) is 12.1 Å². The van der Waals surface area contributed by atoms with Crippen LogP contribution in [0.4, 0.5) is 0 Å². The SMILES string of the molecule is CCOc1cc(CNCCN(C)C)cc(Br)c1OCc1c(Cl)cccc1Cl. The second-order valence-corrected chi connectivity index (χ2v) is 7.98. The largest absolute Gasteiger partial charge is 0.490 e. The van der Waals surface area contributed by atoms with Crippen LogP contribution in [0.1, 0.15) is 18.1 Å². The lowest BCUT2D eigenvalue weighted by atomic mass is 10.2. The third-order valence-corrected chi connectivity index (χ3v) is 5.15. The summed E-state index contributed by atoms with van der Waals surface area (Å²) in [5.74, 6) is 1.34. The van der Waals surface area contributed by atoms with Crippen LogP contribution in [0.3, 0.4) is 0 Å². The van der Waals surface area contributed by atoms with E-state index in [9.17, 15) is 0 Å². The number of halogens is 3. The van der Waals surface area contributed by atoms with Crippen LogP contribution in [-0.4, -0.2) is 38.7 Å². The number of nitrogens with one attached hydrogen (secondary N) is 1. The van der Waals surface area contributed by atoms with Crippen molar-refractivity contribution in [3.63, 3.8) is 0 Å². The van der Waals surface area contributed by atoms with Gasteiger partial charge in [-0.25, -0.2) is 0 Å². The van der Waals surface area contributed by atoms with E-state index in [-0.39, 0.29) is 6.61 Å². The summed E-state index contributed by atoms with van der Waals surface area (Å²) in [5.41, 5.74) is 1.87. The van der Waals surface area contributed by atoms with E-state index in [0.717, 1.165) is 35.2 Å². The molecule has 0 amide bonds. The van der Waals surface area contributed by atoms with Crippen molar-refractivity contribution in [2.45, 2.75) is 20.1 Å². The standard InChI is InChI=1S/C20H25BrCl2N2O2/c1-4-26-19-11-14(12-24-8-9-25(2)3)10-16(21)20(19)27-13-15-17(22)6-5-7-18(15)23/h5-7,10-11,24H,4,8-9,12-13H2,1-3H3. The molecule has 0 saturated carbocycles. The molecule has 0 radical (unpaired) electrons. The van der Waals surface area contributed by atoms with Gasteiger partial charge in [0, 0.05) is 35.2 Å². The maximum absolute atomic E-state index is 6.24. The fraction of sp³-hybridized carbons (Fsp3) is 0.400. The minimum Gasteiger partial charge on any atom is -0.490 e. The fourth-order valence-electron chi connectivity index (χ4n) is 2.48. The Morgan fingerprint density at radius 3 is 2.44 bits per heavy atom. The molecule has 0 atom stereocenters. The predicted octanol–water partition coefficient (Wildman–Crippen LogP) is 5.38. The third-order valence-electron chi connectivity index (χ3n) is 3.86. The zero-order chi connectivity index (χ0) is 19.8.